The van der Waals surface area contributed by atoms with Gasteiger partial charge in [0.05, 0.1) is 12.1 Å². The molecule has 2 aromatic heterocycles. The number of hydrogen-bond donors (Lipinski definition) is 3. The molecule has 0 bridgehead atoms. The van der Waals surface area contributed by atoms with E-state index in [2.05, 4.69) is 39.4 Å². The van der Waals surface area contributed by atoms with E-state index in [1.807, 2.05) is 31.4 Å². The summed E-state index contributed by atoms with van der Waals surface area (Å²) in [4.78, 5) is 24.9. The Balaban J connectivity index is 1.50. The quantitative estimate of drug-likeness (QED) is 0.315. The maximum atomic E-state index is 12.8. The van der Waals surface area contributed by atoms with Crippen molar-refractivity contribution in [2.45, 2.75) is 19.0 Å². The van der Waals surface area contributed by atoms with E-state index in [0.717, 1.165) is 16.3 Å². The number of nitrogens with zero attached hydrogens (tertiary/aromatic N) is 3. The van der Waals surface area contributed by atoms with Gasteiger partial charge in [0.1, 0.15) is 12.4 Å². The molecule has 9 nitrogen and oxygen atoms in total. The zero-order valence-corrected chi connectivity index (χ0v) is 19.0. The summed E-state index contributed by atoms with van der Waals surface area (Å²) in [5, 5.41) is 22.4. The number of imide groups is 1. The molecule has 2 aromatic carbocycles. The Hall–Kier alpha value is -4.89. The number of carbonyl (C=O) groups is 2. The Morgan fingerprint density at radius 1 is 1.14 bits per heavy atom. The fourth-order valence-corrected chi connectivity index (χ4v) is 4.01. The summed E-state index contributed by atoms with van der Waals surface area (Å²) >= 11 is 0. The number of fused-ring (bicyclic) bond motifs is 2. The van der Waals surface area contributed by atoms with E-state index < -0.39 is 17.5 Å². The molecule has 1 saturated heterocycles. The summed E-state index contributed by atoms with van der Waals surface area (Å²) in [6.45, 7) is 1.87. The highest BCUT2D eigenvalue weighted by Crippen LogP contribution is 2.32. The maximum Gasteiger partial charge on any atom is 0.323 e. The number of benzene rings is 2. The standard InChI is InChI=1S/C26H21N5O4/c1-3-4-11-35-20-8-7-18-15-31(23(32)21(18)13-20)16-26(24(33)27-25(34)28-26)10-9-17-5-6-19-14-30(2)29-22(19)12-17/h5-8,12-15,32H,11,16H2,1-2H3,(H2,27,28,33,34)/t26-/m1/s1. The van der Waals surface area contributed by atoms with E-state index in [-0.39, 0.29) is 19.0 Å². The second-order valence-corrected chi connectivity index (χ2v) is 8.19. The minimum Gasteiger partial charge on any atom is -0.494 e. The predicted molar refractivity (Wildman–Crippen MR) is 130 cm³/mol. The topological polar surface area (TPSA) is 110 Å². The van der Waals surface area contributed by atoms with Gasteiger partial charge in [-0.15, -0.1) is 5.92 Å². The van der Waals surface area contributed by atoms with Crippen LogP contribution in [0.25, 0.3) is 21.7 Å². The van der Waals surface area contributed by atoms with Crippen LogP contribution in [0.5, 0.6) is 11.6 Å². The first-order chi connectivity index (χ1) is 16.9. The Morgan fingerprint density at radius 3 is 2.74 bits per heavy atom. The summed E-state index contributed by atoms with van der Waals surface area (Å²) < 4.78 is 8.78. The molecule has 0 aliphatic carbocycles. The van der Waals surface area contributed by atoms with Crippen molar-refractivity contribution in [3.63, 3.8) is 0 Å². The molecule has 0 radical (unpaired) electrons. The average molecular weight is 467 g/mol. The Bertz CT molecular complexity index is 1630. The predicted octanol–water partition coefficient (Wildman–Crippen LogP) is 2.27. The highest BCUT2D eigenvalue weighted by Gasteiger charge is 2.46. The van der Waals surface area contributed by atoms with Crippen molar-refractivity contribution in [3.05, 3.63) is 54.4 Å². The molecule has 3 N–H and O–H groups in total. The molecule has 0 unspecified atom stereocenters. The lowest BCUT2D eigenvalue weighted by atomic mass is 9.99. The molecule has 1 fully saturated rings. The Labute approximate surface area is 200 Å². The smallest absolute Gasteiger partial charge is 0.323 e. The van der Waals surface area contributed by atoms with Gasteiger partial charge in [0.25, 0.3) is 5.91 Å². The molecule has 35 heavy (non-hydrogen) atoms. The molecule has 3 amide bonds. The zero-order chi connectivity index (χ0) is 24.6. The molecule has 1 aliphatic heterocycles. The van der Waals surface area contributed by atoms with Crippen molar-refractivity contribution in [2.24, 2.45) is 7.05 Å². The SMILES string of the molecule is CC#CCOc1ccc2cn(C[C@@]3(C#Cc4ccc5cn(C)nc5c4)NC(=O)NC3=O)c(O)c2c1. The van der Waals surface area contributed by atoms with Gasteiger partial charge in [0, 0.05) is 41.2 Å². The number of ether oxygens (including phenoxy) is 1. The highest BCUT2D eigenvalue weighted by molar-refractivity contribution is 6.09. The number of rotatable bonds is 4. The van der Waals surface area contributed by atoms with Crippen molar-refractivity contribution in [1.82, 2.24) is 25.0 Å². The number of carbonyl (C=O) groups excluding carboxylic acids is 2. The van der Waals surface area contributed by atoms with Gasteiger partial charge < -0.3 is 19.7 Å². The molecule has 174 valence electrons. The summed E-state index contributed by atoms with van der Waals surface area (Å²) in [5.74, 6) is 11.4. The van der Waals surface area contributed by atoms with Gasteiger partial charge in [-0.3, -0.25) is 14.8 Å². The van der Waals surface area contributed by atoms with Gasteiger partial charge in [-0.2, -0.15) is 5.10 Å². The second kappa shape index (κ2) is 8.47. The van der Waals surface area contributed by atoms with E-state index in [1.165, 1.54) is 4.57 Å². The van der Waals surface area contributed by atoms with Crippen molar-refractivity contribution in [1.29, 1.82) is 0 Å². The molecule has 9 heteroatoms. The largest absolute Gasteiger partial charge is 0.494 e. The summed E-state index contributed by atoms with van der Waals surface area (Å²) in [5.41, 5.74) is -0.160. The molecule has 0 spiro atoms. The number of hydrogen-bond acceptors (Lipinski definition) is 5. The van der Waals surface area contributed by atoms with E-state index in [4.69, 9.17) is 4.74 Å². The van der Waals surface area contributed by atoms with E-state index in [1.54, 1.807) is 36.0 Å². The normalized spacial score (nSPS) is 16.9. The van der Waals surface area contributed by atoms with Gasteiger partial charge in [-0.05, 0) is 43.3 Å². The first kappa shape index (κ1) is 21.9. The van der Waals surface area contributed by atoms with Crippen LogP contribution in [0.3, 0.4) is 0 Å². The minimum atomic E-state index is -1.57. The van der Waals surface area contributed by atoms with Crippen LogP contribution in [0.2, 0.25) is 0 Å². The van der Waals surface area contributed by atoms with E-state index in [0.29, 0.717) is 16.7 Å². The number of urea groups is 1. The lowest BCUT2D eigenvalue weighted by molar-refractivity contribution is -0.122. The maximum absolute atomic E-state index is 12.8. The lowest BCUT2D eigenvalue weighted by Gasteiger charge is -2.20. The van der Waals surface area contributed by atoms with Crippen molar-refractivity contribution in [3.8, 4) is 35.3 Å². The van der Waals surface area contributed by atoms with Crippen LogP contribution in [0.1, 0.15) is 12.5 Å². The third-order valence-corrected chi connectivity index (χ3v) is 5.71. The molecule has 1 aliphatic rings. The average Bonchev–Trinajstić information content (AvgIpc) is 3.44. The van der Waals surface area contributed by atoms with Crippen LogP contribution < -0.4 is 15.4 Å². The summed E-state index contributed by atoms with van der Waals surface area (Å²) in [7, 11) is 1.83. The number of aromatic hydroxyl groups is 1. The van der Waals surface area contributed by atoms with Crippen LogP contribution in [-0.4, -0.2) is 43.5 Å². The van der Waals surface area contributed by atoms with Gasteiger partial charge in [-0.25, -0.2) is 4.79 Å². The third kappa shape index (κ3) is 4.11. The van der Waals surface area contributed by atoms with Gasteiger partial charge in [0.15, 0.2) is 5.88 Å². The first-order valence-corrected chi connectivity index (χ1v) is 10.8. The molecular formula is C26H21N5O4. The number of nitrogens with one attached hydrogen (secondary N) is 2. The fourth-order valence-electron chi connectivity index (χ4n) is 4.01. The van der Waals surface area contributed by atoms with Gasteiger partial charge >= 0.3 is 6.03 Å². The molecule has 1 atom stereocenters. The molecule has 5 rings (SSSR count). The molecule has 3 heterocycles. The summed E-state index contributed by atoms with van der Waals surface area (Å²) in [6, 6.07) is 10.2. The zero-order valence-electron chi connectivity index (χ0n) is 19.0. The number of amides is 3. The van der Waals surface area contributed by atoms with E-state index in [9.17, 15) is 14.7 Å². The van der Waals surface area contributed by atoms with Crippen LogP contribution in [0.4, 0.5) is 4.79 Å². The van der Waals surface area contributed by atoms with E-state index >= 15 is 0 Å². The van der Waals surface area contributed by atoms with Crippen molar-refractivity contribution < 1.29 is 19.4 Å². The van der Waals surface area contributed by atoms with Crippen molar-refractivity contribution in [2.75, 3.05) is 6.61 Å². The highest BCUT2D eigenvalue weighted by atomic mass is 16.5. The first-order valence-electron chi connectivity index (χ1n) is 10.8. The molecular weight excluding hydrogens is 446 g/mol. The second-order valence-electron chi connectivity index (χ2n) is 8.19. The lowest BCUT2D eigenvalue weighted by Crippen LogP contribution is -2.49. The molecule has 0 saturated carbocycles. The van der Waals surface area contributed by atoms with Gasteiger partial charge in [-0.1, -0.05) is 17.8 Å². The number of aryl methyl sites for hydroxylation is 1. The summed E-state index contributed by atoms with van der Waals surface area (Å²) in [6.07, 6.45) is 3.59. The van der Waals surface area contributed by atoms with Crippen LogP contribution in [-0.2, 0) is 18.4 Å². The van der Waals surface area contributed by atoms with Crippen LogP contribution in [0, 0.1) is 23.7 Å². The molecule has 4 aromatic rings. The third-order valence-electron chi connectivity index (χ3n) is 5.71. The van der Waals surface area contributed by atoms with Crippen molar-refractivity contribution >= 4 is 33.6 Å². The Morgan fingerprint density at radius 2 is 1.97 bits per heavy atom. The number of aromatic nitrogens is 3. The minimum absolute atomic E-state index is 0.0722. The van der Waals surface area contributed by atoms with Gasteiger partial charge in [0.2, 0.25) is 5.54 Å². The monoisotopic (exact) mass is 467 g/mol. The van der Waals surface area contributed by atoms with Crippen LogP contribution >= 0.6 is 0 Å². The van der Waals surface area contributed by atoms with Crippen LogP contribution in [0.15, 0.2) is 48.8 Å². The fraction of sp³-hybridized carbons (Fsp3) is 0.192. The Kier molecular flexibility index (Phi) is 5.31.